The summed E-state index contributed by atoms with van der Waals surface area (Å²) in [6, 6.07) is 13.9. The summed E-state index contributed by atoms with van der Waals surface area (Å²) in [5, 5.41) is 10.6. The number of furan rings is 1. The maximum Gasteiger partial charge on any atom is 0.193 e. The average molecular weight is 288 g/mol. The van der Waals surface area contributed by atoms with Crippen molar-refractivity contribution in [3.63, 3.8) is 0 Å². The summed E-state index contributed by atoms with van der Waals surface area (Å²) < 4.78 is 5.28. The van der Waals surface area contributed by atoms with E-state index in [1.807, 2.05) is 12.1 Å². The molecule has 0 spiro atoms. The van der Waals surface area contributed by atoms with Gasteiger partial charge < -0.3 is 9.73 Å². The number of aromatic nitrogens is 2. The Balaban J connectivity index is 1.56. The predicted octanol–water partition coefficient (Wildman–Crippen LogP) is 3.61. The minimum absolute atomic E-state index is 0.422. The number of benzene rings is 1. The number of hydrogen-bond acceptors (Lipinski definition) is 3. The lowest BCUT2D eigenvalue weighted by Crippen LogP contribution is -2.11. The molecule has 0 unspecified atom stereocenters. The zero-order valence-electron chi connectivity index (χ0n) is 10.8. The van der Waals surface area contributed by atoms with Gasteiger partial charge in [-0.25, -0.2) is 0 Å². The smallest absolute Gasteiger partial charge is 0.193 e. The van der Waals surface area contributed by atoms with E-state index in [2.05, 4.69) is 39.8 Å². The molecular weight excluding hydrogens is 274 g/mol. The molecule has 0 aliphatic rings. The van der Waals surface area contributed by atoms with Gasteiger partial charge in [0.2, 0.25) is 0 Å². The number of aromatic amines is 1. The number of nitrogens with zero attached hydrogens (tertiary/aromatic N) is 1. The van der Waals surface area contributed by atoms with Crippen molar-refractivity contribution in [3.8, 4) is 11.3 Å². The summed E-state index contributed by atoms with van der Waals surface area (Å²) in [6.45, 7) is 1.44. The zero-order valence-corrected chi connectivity index (χ0v) is 11.5. The van der Waals surface area contributed by atoms with Crippen molar-refractivity contribution >= 4 is 11.6 Å². The largest absolute Gasteiger partial charge is 0.448 e. The highest BCUT2D eigenvalue weighted by Crippen LogP contribution is 2.17. The molecule has 0 radical (unpaired) electrons. The molecule has 4 nitrogen and oxygen atoms in total. The minimum Gasteiger partial charge on any atom is -0.448 e. The fraction of sp³-hybridized carbons (Fsp3) is 0.133. The first kappa shape index (κ1) is 13.0. The summed E-state index contributed by atoms with van der Waals surface area (Å²) in [5.74, 6) is 0.837. The van der Waals surface area contributed by atoms with Crippen molar-refractivity contribution in [1.82, 2.24) is 15.5 Å². The molecule has 2 heterocycles. The van der Waals surface area contributed by atoms with Crippen LogP contribution in [-0.4, -0.2) is 10.2 Å². The minimum atomic E-state index is 0.422. The van der Waals surface area contributed by atoms with E-state index in [0.29, 0.717) is 11.8 Å². The third-order valence-corrected chi connectivity index (χ3v) is 3.23. The molecule has 3 rings (SSSR count). The first-order valence-corrected chi connectivity index (χ1v) is 6.73. The first-order valence-electron chi connectivity index (χ1n) is 6.35. The lowest BCUT2D eigenvalue weighted by Gasteiger charge is -2.04. The van der Waals surface area contributed by atoms with Gasteiger partial charge in [0.05, 0.1) is 12.2 Å². The second-order valence-electron chi connectivity index (χ2n) is 4.48. The molecule has 2 aromatic heterocycles. The van der Waals surface area contributed by atoms with Crippen LogP contribution in [0.15, 0.2) is 53.1 Å². The maximum absolute atomic E-state index is 5.72. The third kappa shape index (κ3) is 3.10. The molecule has 0 atom stereocenters. The second kappa shape index (κ2) is 5.94. The normalized spacial score (nSPS) is 10.8. The van der Waals surface area contributed by atoms with Gasteiger partial charge in [0.25, 0.3) is 0 Å². The lowest BCUT2D eigenvalue weighted by molar-refractivity contribution is 0.484. The van der Waals surface area contributed by atoms with Gasteiger partial charge in [0, 0.05) is 12.7 Å². The monoisotopic (exact) mass is 287 g/mol. The molecule has 0 saturated carbocycles. The van der Waals surface area contributed by atoms with E-state index in [-0.39, 0.29) is 0 Å². The van der Waals surface area contributed by atoms with Crippen LogP contribution in [-0.2, 0) is 13.1 Å². The van der Waals surface area contributed by atoms with Crippen LogP contribution >= 0.6 is 11.6 Å². The van der Waals surface area contributed by atoms with E-state index < -0.39 is 0 Å². The van der Waals surface area contributed by atoms with Crippen molar-refractivity contribution in [2.24, 2.45) is 0 Å². The summed E-state index contributed by atoms with van der Waals surface area (Å²) >= 11 is 5.72. The van der Waals surface area contributed by atoms with Crippen LogP contribution in [0.2, 0.25) is 5.22 Å². The van der Waals surface area contributed by atoms with E-state index in [1.165, 1.54) is 5.56 Å². The van der Waals surface area contributed by atoms with Crippen LogP contribution < -0.4 is 5.32 Å². The van der Waals surface area contributed by atoms with E-state index in [0.717, 1.165) is 23.6 Å². The van der Waals surface area contributed by atoms with E-state index in [9.17, 15) is 0 Å². The molecule has 3 aromatic rings. The van der Waals surface area contributed by atoms with Crippen LogP contribution in [0.25, 0.3) is 11.3 Å². The molecule has 0 aliphatic heterocycles. The highest BCUT2D eigenvalue weighted by atomic mass is 35.5. The third-order valence-electron chi connectivity index (χ3n) is 3.02. The van der Waals surface area contributed by atoms with Crippen LogP contribution in [0.3, 0.4) is 0 Å². The number of rotatable bonds is 5. The molecular formula is C15H14ClN3O. The van der Waals surface area contributed by atoms with Gasteiger partial charge in [-0.3, -0.25) is 5.10 Å². The van der Waals surface area contributed by atoms with E-state index >= 15 is 0 Å². The Morgan fingerprint density at radius 3 is 2.55 bits per heavy atom. The molecule has 1 aromatic carbocycles. The fourth-order valence-electron chi connectivity index (χ4n) is 2.00. The molecule has 5 heteroatoms. The van der Waals surface area contributed by atoms with Gasteiger partial charge in [0.1, 0.15) is 5.76 Å². The SMILES string of the molecule is Clc1ccc(CNCc2ccc(-c3ccn[nH]3)cc2)o1. The number of H-pyrrole nitrogens is 1. The summed E-state index contributed by atoms with van der Waals surface area (Å²) in [7, 11) is 0. The van der Waals surface area contributed by atoms with Crippen LogP contribution in [0.1, 0.15) is 11.3 Å². The highest BCUT2D eigenvalue weighted by molar-refractivity contribution is 6.28. The molecule has 2 N–H and O–H groups in total. The van der Waals surface area contributed by atoms with Crippen molar-refractivity contribution < 1.29 is 4.42 Å². The predicted molar refractivity (Wildman–Crippen MR) is 78.3 cm³/mol. The molecule has 0 amide bonds. The molecule has 0 fully saturated rings. The Labute approximate surface area is 121 Å². The van der Waals surface area contributed by atoms with Crippen molar-refractivity contribution in [2.45, 2.75) is 13.1 Å². The van der Waals surface area contributed by atoms with Gasteiger partial charge in [-0.15, -0.1) is 0 Å². The fourth-order valence-corrected chi connectivity index (χ4v) is 2.16. The Hall–Kier alpha value is -2.04. The van der Waals surface area contributed by atoms with Gasteiger partial charge in [-0.2, -0.15) is 5.10 Å². The van der Waals surface area contributed by atoms with Gasteiger partial charge >= 0.3 is 0 Å². The Bertz CT molecular complexity index is 659. The van der Waals surface area contributed by atoms with Gasteiger partial charge in [-0.05, 0) is 40.9 Å². The van der Waals surface area contributed by atoms with Gasteiger partial charge in [0.15, 0.2) is 5.22 Å². The quantitative estimate of drug-likeness (QED) is 0.754. The Morgan fingerprint density at radius 1 is 1.05 bits per heavy atom. The molecule has 0 saturated heterocycles. The van der Waals surface area contributed by atoms with E-state index in [4.69, 9.17) is 16.0 Å². The van der Waals surface area contributed by atoms with Crippen LogP contribution in [0.4, 0.5) is 0 Å². The summed E-state index contributed by atoms with van der Waals surface area (Å²) in [4.78, 5) is 0. The number of halogens is 1. The summed E-state index contributed by atoms with van der Waals surface area (Å²) in [5.41, 5.74) is 3.37. The Morgan fingerprint density at radius 2 is 1.90 bits per heavy atom. The average Bonchev–Trinajstić information content (AvgIpc) is 3.11. The van der Waals surface area contributed by atoms with Crippen molar-refractivity contribution in [3.05, 3.63) is 65.2 Å². The number of hydrogen-bond donors (Lipinski definition) is 2. The van der Waals surface area contributed by atoms with Crippen LogP contribution in [0, 0.1) is 0 Å². The van der Waals surface area contributed by atoms with Crippen LogP contribution in [0.5, 0.6) is 0 Å². The van der Waals surface area contributed by atoms with Crippen molar-refractivity contribution in [2.75, 3.05) is 0 Å². The maximum atomic E-state index is 5.72. The lowest BCUT2D eigenvalue weighted by atomic mass is 10.1. The van der Waals surface area contributed by atoms with Crippen molar-refractivity contribution in [1.29, 1.82) is 0 Å². The number of nitrogens with one attached hydrogen (secondary N) is 2. The van der Waals surface area contributed by atoms with E-state index in [1.54, 1.807) is 12.3 Å². The molecule has 0 bridgehead atoms. The Kier molecular flexibility index (Phi) is 3.85. The highest BCUT2D eigenvalue weighted by Gasteiger charge is 2.01. The second-order valence-corrected chi connectivity index (χ2v) is 4.85. The molecule has 0 aliphatic carbocycles. The standard InChI is InChI=1S/C15H14ClN3O/c16-15-6-5-13(20-15)10-17-9-11-1-3-12(4-2-11)14-7-8-18-19-14/h1-8,17H,9-10H2,(H,18,19). The summed E-state index contributed by atoms with van der Waals surface area (Å²) in [6.07, 6.45) is 1.75. The zero-order chi connectivity index (χ0) is 13.8. The topological polar surface area (TPSA) is 53.9 Å². The van der Waals surface area contributed by atoms with Gasteiger partial charge in [-0.1, -0.05) is 24.3 Å². The molecule has 20 heavy (non-hydrogen) atoms. The first-order chi connectivity index (χ1) is 9.81. The molecule has 102 valence electrons.